The average Bonchev–Trinajstić information content (AvgIpc) is 2.48. The van der Waals surface area contributed by atoms with E-state index in [2.05, 4.69) is 5.32 Å². The van der Waals surface area contributed by atoms with Crippen LogP contribution in [-0.4, -0.2) is 29.8 Å². The zero-order valence-electron chi connectivity index (χ0n) is 13.1. The lowest BCUT2D eigenvalue weighted by Gasteiger charge is -2.30. The first-order valence-corrected chi connectivity index (χ1v) is 7.99. The summed E-state index contributed by atoms with van der Waals surface area (Å²) in [5.41, 5.74) is -1.07. The fourth-order valence-corrected chi connectivity index (χ4v) is 2.92. The number of nitrogens with one attached hydrogen (secondary N) is 1. The Labute approximate surface area is 143 Å². The summed E-state index contributed by atoms with van der Waals surface area (Å²) in [5, 5.41) is 1.87. The standard InChI is InChI=1S/C16H18ClF3N2O2/c1-10-3-2-6-22(9-10)15(24)8-14(23)21-11-4-5-13(17)12(7-11)16(18,19)20/h4-5,7,10H,2-3,6,8-9H2,1H3,(H,21,23). The van der Waals surface area contributed by atoms with Gasteiger partial charge in [-0.2, -0.15) is 13.2 Å². The van der Waals surface area contributed by atoms with Crippen LogP contribution in [0.3, 0.4) is 0 Å². The molecule has 2 rings (SSSR count). The number of nitrogens with zero attached hydrogens (tertiary/aromatic N) is 1. The number of halogens is 4. The van der Waals surface area contributed by atoms with Crippen LogP contribution < -0.4 is 5.32 Å². The van der Waals surface area contributed by atoms with E-state index in [1.807, 2.05) is 6.92 Å². The highest BCUT2D eigenvalue weighted by Crippen LogP contribution is 2.36. The van der Waals surface area contributed by atoms with Gasteiger partial charge in [0.25, 0.3) is 0 Å². The maximum Gasteiger partial charge on any atom is 0.417 e. The predicted octanol–water partition coefficient (Wildman–Crippen LogP) is 3.95. The molecule has 0 saturated carbocycles. The Morgan fingerprint density at radius 3 is 2.71 bits per heavy atom. The Morgan fingerprint density at radius 2 is 2.08 bits per heavy atom. The Kier molecular flexibility index (Phi) is 5.74. The number of piperidine rings is 1. The second kappa shape index (κ2) is 7.42. The van der Waals surface area contributed by atoms with Crippen LogP contribution in [0.2, 0.25) is 5.02 Å². The summed E-state index contributed by atoms with van der Waals surface area (Å²) < 4.78 is 38.4. The maximum atomic E-state index is 12.8. The number of hydrogen-bond donors (Lipinski definition) is 1. The van der Waals surface area contributed by atoms with Crippen molar-refractivity contribution in [3.8, 4) is 0 Å². The summed E-state index contributed by atoms with van der Waals surface area (Å²) in [4.78, 5) is 25.6. The van der Waals surface area contributed by atoms with Gasteiger partial charge < -0.3 is 10.2 Å². The summed E-state index contributed by atoms with van der Waals surface area (Å²) in [5.74, 6) is -0.575. The first-order chi connectivity index (χ1) is 11.2. The van der Waals surface area contributed by atoms with Gasteiger partial charge in [0.1, 0.15) is 6.42 Å². The zero-order chi connectivity index (χ0) is 17.9. The molecule has 0 spiro atoms. The number of benzene rings is 1. The molecular weight excluding hydrogens is 345 g/mol. The first-order valence-electron chi connectivity index (χ1n) is 7.61. The lowest BCUT2D eigenvalue weighted by Crippen LogP contribution is -2.40. The smallest absolute Gasteiger partial charge is 0.342 e. The molecule has 4 nitrogen and oxygen atoms in total. The number of carbonyl (C=O) groups excluding carboxylic acids is 2. The van der Waals surface area contributed by atoms with Gasteiger partial charge in [0.05, 0.1) is 10.6 Å². The van der Waals surface area contributed by atoms with Crippen LogP contribution in [0, 0.1) is 5.92 Å². The molecule has 0 aliphatic carbocycles. The van der Waals surface area contributed by atoms with E-state index in [-0.39, 0.29) is 11.6 Å². The van der Waals surface area contributed by atoms with E-state index in [0.717, 1.165) is 25.0 Å². The van der Waals surface area contributed by atoms with Crippen molar-refractivity contribution in [1.82, 2.24) is 4.90 Å². The van der Waals surface area contributed by atoms with Crippen LogP contribution in [0.5, 0.6) is 0 Å². The highest BCUT2D eigenvalue weighted by molar-refractivity contribution is 6.31. The molecule has 1 aliphatic heterocycles. The Bertz CT molecular complexity index is 634. The van der Waals surface area contributed by atoms with Crippen molar-refractivity contribution in [1.29, 1.82) is 0 Å². The van der Waals surface area contributed by atoms with Crippen LogP contribution in [0.4, 0.5) is 18.9 Å². The molecule has 24 heavy (non-hydrogen) atoms. The number of amides is 2. The zero-order valence-corrected chi connectivity index (χ0v) is 13.9. The number of rotatable bonds is 3. The Balaban J connectivity index is 1.98. The molecule has 0 aromatic heterocycles. The molecule has 1 N–H and O–H groups in total. The molecule has 0 bridgehead atoms. The molecule has 1 aromatic rings. The van der Waals surface area contributed by atoms with Gasteiger partial charge in [0.2, 0.25) is 11.8 Å². The average molecular weight is 363 g/mol. The van der Waals surface area contributed by atoms with Gasteiger partial charge in [-0.05, 0) is 37.0 Å². The lowest BCUT2D eigenvalue weighted by atomic mass is 10.00. The van der Waals surface area contributed by atoms with Crippen molar-refractivity contribution in [2.75, 3.05) is 18.4 Å². The van der Waals surface area contributed by atoms with Crippen LogP contribution in [0.25, 0.3) is 0 Å². The third-order valence-corrected chi connectivity index (χ3v) is 4.21. The summed E-state index contributed by atoms with van der Waals surface area (Å²) in [7, 11) is 0. The van der Waals surface area contributed by atoms with Crippen molar-refractivity contribution in [3.05, 3.63) is 28.8 Å². The highest BCUT2D eigenvalue weighted by atomic mass is 35.5. The minimum absolute atomic E-state index is 0.0449. The second-order valence-electron chi connectivity index (χ2n) is 6.00. The van der Waals surface area contributed by atoms with Crippen molar-refractivity contribution in [3.63, 3.8) is 0 Å². The van der Waals surface area contributed by atoms with Gasteiger partial charge in [-0.1, -0.05) is 18.5 Å². The second-order valence-corrected chi connectivity index (χ2v) is 6.41. The minimum Gasteiger partial charge on any atom is -0.342 e. The van der Waals surface area contributed by atoms with Gasteiger partial charge >= 0.3 is 6.18 Å². The van der Waals surface area contributed by atoms with Crippen LogP contribution in [0.1, 0.15) is 31.7 Å². The van der Waals surface area contributed by atoms with E-state index in [1.54, 1.807) is 4.90 Å². The Hall–Kier alpha value is -1.76. The SMILES string of the molecule is CC1CCCN(C(=O)CC(=O)Nc2ccc(Cl)c(C(F)(F)F)c2)C1. The number of carbonyl (C=O) groups is 2. The van der Waals surface area contributed by atoms with Gasteiger partial charge in [0.15, 0.2) is 0 Å². The van der Waals surface area contributed by atoms with E-state index in [9.17, 15) is 22.8 Å². The van der Waals surface area contributed by atoms with Crippen LogP contribution in [-0.2, 0) is 15.8 Å². The highest BCUT2D eigenvalue weighted by Gasteiger charge is 2.33. The third-order valence-electron chi connectivity index (χ3n) is 3.88. The molecule has 1 saturated heterocycles. The van der Waals surface area contributed by atoms with E-state index >= 15 is 0 Å². The minimum atomic E-state index is -4.61. The van der Waals surface area contributed by atoms with E-state index < -0.39 is 29.1 Å². The van der Waals surface area contributed by atoms with Gasteiger partial charge in [-0.25, -0.2) is 0 Å². The molecule has 8 heteroatoms. The fourth-order valence-electron chi connectivity index (χ4n) is 2.69. The van der Waals surface area contributed by atoms with Gasteiger partial charge in [-0.3, -0.25) is 9.59 Å². The fraction of sp³-hybridized carbons (Fsp3) is 0.500. The number of anilines is 1. The molecule has 1 fully saturated rings. The molecule has 1 unspecified atom stereocenters. The topological polar surface area (TPSA) is 49.4 Å². The number of likely N-dealkylation sites (tertiary alicyclic amines) is 1. The lowest BCUT2D eigenvalue weighted by molar-refractivity contribution is -0.138. The number of alkyl halides is 3. The summed E-state index contributed by atoms with van der Waals surface area (Å²) >= 11 is 5.52. The van der Waals surface area contributed by atoms with Crippen molar-refractivity contribution >= 4 is 29.1 Å². The molecular formula is C16H18ClF3N2O2. The van der Waals surface area contributed by atoms with E-state index in [4.69, 9.17) is 11.6 Å². The molecule has 1 heterocycles. The predicted molar refractivity (Wildman–Crippen MR) is 84.7 cm³/mol. The molecule has 1 aromatic carbocycles. The third kappa shape index (κ3) is 4.87. The first kappa shape index (κ1) is 18.6. The molecule has 132 valence electrons. The van der Waals surface area contributed by atoms with E-state index in [0.29, 0.717) is 19.0 Å². The van der Waals surface area contributed by atoms with Crippen molar-refractivity contribution in [2.24, 2.45) is 5.92 Å². The van der Waals surface area contributed by atoms with Gasteiger partial charge in [-0.15, -0.1) is 0 Å². The largest absolute Gasteiger partial charge is 0.417 e. The van der Waals surface area contributed by atoms with E-state index in [1.165, 1.54) is 6.07 Å². The van der Waals surface area contributed by atoms with Crippen molar-refractivity contribution < 1.29 is 22.8 Å². The quantitative estimate of drug-likeness (QED) is 0.828. The molecule has 1 atom stereocenters. The number of hydrogen-bond acceptors (Lipinski definition) is 2. The monoisotopic (exact) mass is 362 g/mol. The van der Waals surface area contributed by atoms with Crippen LogP contribution in [0.15, 0.2) is 18.2 Å². The summed E-state index contributed by atoms with van der Waals surface area (Å²) in [6.45, 7) is 3.24. The maximum absolute atomic E-state index is 12.8. The molecule has 1 aliphatic rings. The van der Waals surface area contributed by atoms with Crippen LogP contribution >= 0.6 is 11.6 Å². The normalized spacial score (nSPS) is 18.4. The summed E-state index contributed by atoms with van der Waals surface area (Å²) in [6.07, 6.45) is -3.07. The van der Waals surface area contributed by atoms with Crippen molar-refractivity contribution in [2.45, 2.75) is 32.4 Å². The molecule has 2 amide bonds. The summed E-state index contributed by atoms with van der Waals surface area (Å²) in [6, 6.07) is 3.09. The Morgan fingerprint density at radius 1 is 1.38 bits per heavy atom. The molecule has 0 radical (unpaired) electrons. The van der Waals surface area contributed by atoms with Gasteiger partial charge in [0, 0.05) is 18.8 Å².